The zero-order chi connectivity index (χ0) is 16.1. The van der Waals surface area contributed by atoms with E-state index < -0.39 is 5.97 Å². The summed E-state index contributed by atoms with van der Waals surface area (Å²) in [5.41, 5.74) is 0. The lowest BCUT2D eigenvalue weighted by atomic mass is 10.2. The van der Waals surface area contributed by atoms with Gasteiger partial charge in [-0.15, -0.1) is 0 Å². The summed E-state index contributed by atoms with van der Waals surface area (Å²) in [6.45, 7) is 5.48. The molecule has 0 aromatic rings. The van der Waals surface area contributed by atoms with Crippen molar-refractivity contribution >= 4 is 17.9 Å². The number of carboxylic acid groups (broad SMARTS) is 1. The van der Waals surface area contributed by atoms with Crippen LogP contribution in [-0.4, -0.2) is 42.6 Å². The van der Waals surface area contributed by atoms with Crippen molar-refractivity contribution in [2.75, 3.05) is 19.6 Å². The van der Waals surface area contributed by atoms with Crippen molar-refractivity contribution in [3.8, 4) is 0 Å². The molecule has 21 heavy (non-hydrogen) atoms. The van der Waals surface area contributed by atoms with Crippen molar-refractivity contribution in [3.63, 3.8) is 0 Å². The number of hydrogen-bond donors (Lipinski definition) is 4. The van der Waals surface area contributed by atoms with Crippen molar-refractivity contribution in [3.05, 3.63) is 0 Å². The van der Waals surface area contributed by atoms with E-state index in [1.165, 1.54) is 0 Å². The summed E-state index contributed by atoms with van der Waals surface area (Å²) >= 11 is 0. The molecule has 0 aliphatic heterocycles. The second kappa shape index (κ2) is 12.0. The van der Waals surface area contributed by atoms with Crippen LogP contribution in [0.15, 0.2) is 0 Å². The Morgan fingerprint density at radius 3 is 2.19 bits per heavy atom. The van der Waals surface area contributed by atoms with Crippen LogP contribution < -0.4 is 16.0 Å². The molecule has 3 amide bonds. The van der Waals surface area contributed by atoms with E-state index in [9.17, 15) is 14.4 Å². The van der Waals surface area contributed by atoms with Gasteiger partial charge < -0.3 is 21.1 Å². The molecule has 122 valence electrons. The molecule has 0 aromatic carbocycles. The lowest BCUT2D eigenvalue weighted by Crippen LogP contribution is -2.38. The van der Waals surface area contributed by atoms with Gasteiger partial charge in [-0.25, -0.2) is 4.79 Å². The fourth-order valence-corrected chi connectivity index (χ4v) is 1.54. The number of hydrogen-bond acceptors (Lipinski definition) is 3. The van der Waals surface area contributed by atoms with Gasteiger partial charge in [0.1, 0.15) is 0 Å². The van der Waals surface area contributed by atoms with Gasteiger partial charge >= 0.3 is 12.0 Å². The highest BCUT2D eigenvalue weighted by Gasteiger charge is 2.04. The Morgan fingerprint density at radius 2 is 1.57 bits per heavy atom. The number of rotatable bonds is 11. The first kappa shape index (κ1) is 19.2. The standard InChI is InChI=1S/C14H27N3O4/c1-11(2)10-17-12(18)7-9-16-14(21)15-8-5-3-4-6-13(19)20/h11H,3-10H2,1-2H3,(H,17,18)(H,19,20)(H2,15,16,21). The molecule has 0 atom stereocenters. The highest BCUT2D eigenvalue weighted by atomic mass is 16.4. The molecule has 0 bridgehead atoms. The topological polar surface area (TPSA) is 108 Å². The molecule has 0 fully saturated rings. The molecular weight excluding hydrogens is 274 g/mol. The van der Waals surface area contributed by atoms with Gasteiger partial charge in [-0.3, -0.25) is 9.59 Å². The van der Waals surface area contributed by atoms with Crippen molar-refractivity contribution in [2.24, 2.45) is 5.92 Å². The van der Waals surface area contributed by atoms with Gasteiger partial charge in [0.15, 0.2) is 0 Å². The van der Waals surface area contributed by atoms with Crippen LogP contribution in [0.1, 0.15) is 46.0 Å². The molecule has 7 nitrogen and oxygen atoms in total. The maximum atomic E-state index is 11.4. The van der Waals surface area contributed by atoms with E-state index in [0.29, 0.717) is 32.0 Å². The average molecular weight is 301 g/mol. The number of unbranched alkanes of at least 4 members (excludes halogenated alkanes) is 2. The van der Waals surface area contributed by atoms with Gasteiger partial charge in [0.05, 0.1) is 0 Å². The normalized spacial score (nSPS) is 10.2. The quantitative estimate of drug-likeness (QED) is 0.428. The molecule has 0 rings (SSSR count). The second-order valence-corrected chi connectivity index (χ2v) is 5.34. The third-order valence-electron chi connectivity index (χ3n) is 2.70. The molecular formula is C14H27N3O4. The highest BCUT2D eigenvalue weighted by Crippen LogP contribution is 1.98. The van der Waals surface area contributed by atoms with Gasteiger partial charge in [-0.05, 0) is 18.8 Å². The van der Waals surface area contributed by atoms with Crippen LogP contribution >= 0.6 is 0 Å². The summed E-state index contributed by atoms with van der Waals surface area (Å²) in [5, 5.41) is 16.5. The average Bonchev–Trinajstić information content (AvgIpc) is 2.40. The number of nitrogens with one attached hydrogen (secondary N) is 3. The minimum Gasteiger partial charge on any atom is -0.481 e. The van der Waals surface area contributed by atoms with Crippen LogP contribution in [-0.2, 0) is 9.59 Å². The summed E-state index contributed by atoms with van der Waals surface area (Å²) < 4.78 is 0. The fraction of sp³-hybridized carbons (Fsp3) is 0.786. The predicted molar refractivity (Wildman–Crippen MR) is 80.0 cm³/mol. The van der Waals surface area contributed by atoms with Crippen molar-refractivity contribution < 1.29 is 19.5 Å². The van der Waals surface area contributed by atoms with E-state index in [0.717, 1.165) is 12.8 Å². The molecule has 0 saturated carbocycles. The van der Waals surface area contributed by atoms with E-state index in [1.807, 2.05) is 13.8 Å². The maximum Gasteiger partial charge on any atom is 0.314 e. The second-order valence-electron chi connectivity index (χ2n) is 5.34. The van der Waals surface area contributed by atoms with Gasteiger partial charge in [-0.2, -0.15) is 0 Å². The Morgan fingerprint density at radius 1 is 0.905 bits per heavy atom. The molecule has 0 saturated heterocycles. The smallest absolute Gasteiger partial charge is 0.314 e. The summed E-state index contributed by atoms with van der Waals surface area (Å²) in [6.07, 6.45) is 2.56. The number of carbonyl (C=O) groups excluding carboxylic acids is 2. The first-order chi connectivity index (χ1) is 9.91. The molecule has 0 aliphatic rings. The third kappa shape index (κ3) is 14.4. The third-order valence-corrected chi connectivity index (χ3v) is 2.70. The zero-order valence-corrected chi connectivity index (χ0v) is 12.9. The SMILES string of the molecule is CC(C)CNC(=O)CCNC(=O)NCCCCCC(=O)O. The Hall–Kier alpha value is -1.79. The van der Waals surface area contributed by atoms with Crippen LogP contribution in [0.4, 0.5) is 4.79 Å². The molecule has 0 heterocycles. The maximum absolute atomic E-state index is 11.4. The van der Waals surface area contributed by atoms with E-state index >= 15 is 0 Å². The molecule has 0 aromatic heterocycles. The van der Waals surface area contributed by atoms with Gasteiger partial charge in [0.25, 0.3) is 0 Å². The Labute approximate surface area is 125 Å². The molecule has 0 unspecified atom stereocenters. The van der Waals surface area contributed by atoms with Crippen LogP contribution in [0, 0.1) is 5.92 Å². The molecule has 4 N–H and O–H groups in total. The van der Waals surface area contributed by atoms with E-state index in [1.54, 1.807) is 0 Å². The van der Waals surface area contributed by atoms with Crippen LogP contribution in [0.5, 0.6) is 0 Å². The Balaban J connectivity index is 3.42. The largest absolute Gasteiger partial charge is 0.481 e. The van der Waals surface area contributed by atoms with Crippen molar-refractivity contribution in [1.29, 1.82) is 0 Å². The fourth-order valence-electron chi connectivity index (χ4n) is 1.54. The lowest BCUT2D eigenvalue weighted by Gasteiger charge is -2.09. The number of carboxylic acids is 1. The zero-order valence-electron chi connectivity index (χ0n) is 12.9. The number of urea groups is 1. The van der Waals surface area contributed by atoms with Crippen molar-refractivity contribution in [2.45, 2.75) is 46.0 Å². The van der Waals surface area contributed by atoms with Gasteiger partial charge in [0, 0.05) is 32.5 Å². The summed E-state index contributed by atoms with van der Waals surface area (Å²) in [6, 6.07) is -0.301. The monoisotopic (exact) mass is 301 g/mol. The first-order valence-corrected chi connectivity index (χ1v) is 7.42. The van der Waals surface area contributed by atoms with E-state index in [2.05, 4.69) is 16.0 Å². The summed E-state index contributed by atoms with van der Waals surface area (Å²) in [4.78, 5) is 33.1. The number of amides is 3. The molecule has 0 aliphatic carbocycles. The minimum atomic E-state index is -0.795. The number of carbonyl (C=O) groups is 3. The molecule has 0 spiro atoms. The minimum absolute atomic E-state index is 0.0716. The van der Waals surface area contributed by atoms with Crippen LogP contribution in [0.25, 0.3) is 0 Å². The van der Waals surface area contributed by atoms with E-state index in [-0.39, 0.29) is 24.8 Å². The number of aliphatic carboxylic acids is 1. The summed E-state index contributed by atoms with van der Waals surface area (Å²) in [7, 11) is 0. The van der Waals surface area contributed by atoms with Gasteiger partial charge in [-0.1, -0.05) is 20.3 Å². The molecule has 7 heteroatoms. The summed E-state index contributed by atoms with van der Waals surface area (Å²) in [5.74, 6) is -0.458. The Kier molecular flexibility index (Phi) is 11.0. The Bertz CT molecular complexity index is 332. The van der Waals surface area contributed by atoms with E-state index in [4.69, 9.17) is 5.11 Å². The van der Waals surface area contributed by atoms with Crippen LogP contribution in [0.3, 0.4) is 0 Å². The van der Waals surface area contributed by atoms with Gasteiger partial charge in [0.2, 0.25) is 5.91 Å². The highest BCUT2D eigenvalue weighted by molar-refractivity contribution is 5.78. The van der Waals surface area contributed by atoms with Crippen molar-refractivity contribution in [1.82, 2.24) is 16.0 Å². The van der Waals surface area contributed by atoms with Crippen LogP contribution in [0.2, 0.25) is 0 Å². The first-order valence-electron chi connectivity index (χ1n) is 7.42. The molecule has 0 radical (unpaired) electrons. The predicted octanol–water partition coefficient (Wildman–Crippen LogP) is 1.09. The lowest BCUT2D eigenvalue weighted by molar-refractivity contribution is -0.137.